The summed E-state index contributed by atoms with van der Waals surface area (Å²) in [6, 6.07) is 12.2. The van der Waals surface area contributed by atoms with Crippen LogP contribution < -0.4 is 15.1 Å². The van der Waals surface area contributed by atoms with E-state index in [0.717, 1.165) is 5.56 Å². The molecule has 2 aromatic carbocycles. The van der Waals surface area contributed by atoms with Crippen molar-refractivity contribution in [2.24, 2.45) is 0 Å². The monoisotopic (exact) mass is 352 g/mol. The third kappa shape index (κ3) is 3.49. The predicted molar refractivity (Wildman–Crippen MR) is 95.3 cm³/mol. The van der Waals surface area contributed by atoms with Crippen molar-refractivity contribution >= 4 is 22.9 Å². The molecule has 3 rings (SSSR count). The molecule has 6 nitrogen and oxygen atoms in total. The molecule has 0 unspecified atom stereocenters. The van der Waals surface area contributed by atoms with Gasteiger partial charge < -0.3 is 13.9 Å². The Kier molecular flexibility index (Phi) is 4.58. The van der Waals surface area contributed by atoms with Crippen LogP contribution in [0.4, 0.5) is 0 Å². The summed E-state index contributed by atoms with van der Waals surface area (Å²) >= 11 is 0. The van der Waals surface area contributed by atoms with Crippen LogP contribution in [0.2, 0.25) is 0 Å². The normalized spacial score (nSPS) is 10.6. The number of ether oxygens (including phenoxy) is 2. The van der Waals surface area contributed by atoms with Gasteiger partial charge in [-0.05, 0) is 30.7 Å². The molecule has 0 radical (unpaired) electrons. The zero-order valence-corrected chi connectivity index (χ0v) is 14.5. The molecule has 0 aliphatic carbocycles. The molecule has 1 aromatic heterocycles. The van der Waals surface area contributed by atoms with Crippen molar-refractivity contribution in [3.8, 4) is 22.6 Å². The van der Waals surface area contributed by atoms with Crippen LogP contribution in [0, 0.1) is 6.92 Å². The summed E-state index contributed by atoms with van der Waals surface area (Å²) in [5, 5.41) is 0.535. The van der Waals surface area contributed by atoms with Gasteiger partial charge in [-0.3, -0.25) is 9.59 Å². The van der Waals surface area contributed by atoms with Crippen molar-refractivity contribution in [1.29, 1.82) is 0 Å². The highest BCUT2D eigenvalue weighted by molar-refractivity contribution is 5.91. The second-order valence-corrected chi connectivity index (χ2v) is 5.81. The topological polar surface area (TPSA) is 82.8 Å². The van der Waals surface area contributed by atoms with Crippen molar-refractivity contribution in [1.82, 2.24) is 0 Å². The number of fused-ring (bicyclic) bond motifs is 1. The maximum Gasteiger partial charge on any atom is 0.344 e. The molecule has 0 atom stereocenters. The Balaban J connectivity index is 2.22. The van der Waals surface area contributed by atoms with Gasteiger partial charge in [0.1, 0.15) is 0 Å². The molecular formula is C20H16O6. The number of esters is 2. The predicted octanol–water partition coefficient (Wildman–Crippen LogP) is 3.62. The summed E-state index contributed by atoms with van der Waals surface area (Å²) in [6.45, 7) is 4.38. The van der Waals surface area contributed by atoms with Crippen molar-refractivity contribution in [3.63, 3.8) is 0 Å². The van der Waals surface area contributed by atoms with Crippen LogP contribution in [-0.4, -0.2) is 11.9 Å². The number of aryl methyl sites for hydroxylation is 1. The largest absolute Gasteiger partial charge is 0.423 e. The minimum atomic E-state index is -0.629. The van der Waals surface area contributed by atoms with Crippen molar-refractivity contribution in [2.45, 2.75) is 20.8 Å². The Morgan fingerprint density at radius 3 is 2.19 bits per heavy atom. The van der Waals surface area contributed by atoms with Crippen molar-refractivity contribution < 1.29 is 23.5 Å². The van der Waals surface area contributed by atoms with Gasteiger partial charge in [-0.15, -0.1) is 0 Å². The molecule has 0 aliphatic heterocycles. The molecular weight excluding hydrogens is 336 g/mol. The van der Waals surface area contributed by atoms with Crippen molar-refractivity contribution in [3.05, 3.63) is 58.4 Å². The molecule has 26 heavy (non-hydrogen) atoms. The summed E-state index contributed by atoms with van der Waals surface area (Å²) < 4.78 is 15.6. The lowest BCUT2D eigenvalue weighted by Gasteiger charge is -2.11. The van der Waals surface area contributed by atoms with E-state index in [0.29, 0.717) is 16.5 Å². The number of carbonyl (C=O) groups is 2. The van der Waals surface area contributed by atoms with Crippen LogP contribution in [-0.2, 0) is 9.59 Å². The molecule has 0 aliphatic rings. The maximum atomic E-state index is 12.5. The van der Waals surface area contributed by atoms with Gasteiger partial charge in [-0.1, -0.05) is 29.8 Å². The van der Waals surface area contributed by atoms with E-state index in [1.165, 1.54) is 19.9 Å². The van der Waals surface area contributed by atoms with E-state index in [9.17, 15) is 14.4 Å². The summed E-state index contributed by atoms with van der Waals surface area (Å²) in [7, 11) is 0. The first-order valence-corrected chi connectivity index (χ1v) is 7.90. The number of carbonyl (C=O) groups excluding carboxylic acids is 2. The SMILES string of the molecule is CC(=O)Oc1ccc2cc(-c3ccc(C)cc3)c(=O)oc2c1OC(C)=O. The summed E-state index contributed by atoms with van der Waals surface area (Å²) in [5.41, 5.74) is 1.62. The number of hydrogen-bond donors (Lipinski definition) is 0. The summed E-state index contributed by atoms with van der Waals surface area (Å²) in [6.07, 6.45) is 0. The lowest BCUT2D eigenvalue weighted by atomic mass is 10.0. The highest BCUT2D eigenvalue weighted by Gasteiger charge is 2.18. The van der Waals surface area contributed by atoms with Crippen LogP contribution in [0.25, 0.3) is 22.1 Å². The first kappa shape index (κ1) is 17.4. The minimum Gasteiger partial charge on any atom is -0.423 e. The Morgan fingerprint density at radius 1 is 0.923 bits per heavy atom. The van der Waals surface area contributed by atoms with E-state index < -0.39 is 17.6 Å². The Bertz CT molecular complexity index is 1060. The quantitative estimate of drug-likeness (QED) is 0.407. The van der Waals surface area contributed by atoms with Crippen molar-refractivity contribution in [2.75, 3.05) is 0 Å². The van der Waals surface area contributed by atoms with E-state index in [1.807, 2.05) is 31.2 Å². The number of rotatable bonds is 3. The fraction of sp³-hybridized carbons (Fsp3) is 0.150. The molecule has 1 heterocycles. The van der Waals surface area contributed by atoms with Gasteiger partial charge in [-0.25, -0.2) is 4.79 Å². The minimum absolute atomic E-state index is 0.00596. The zero-order chi connectivity index (χ0) is 18.8. The molecule has 0 N–H and O–H groups in total. The average Bonchev–Trinajstić information content (AvgIpc) is 2.57. The standard InChI is InChI=1S/C20H16O6/c1-11-4-6-14(7-5-11)16-10-15-8-9-17(24-12(2)21)19(25-13(3)22)18(15)26-20(16)23/h4-10H,1-3H3. The van der Waals surface area contributed by atoms with Crippen LogP contribution in [0.1, 0.15) is 19.4 Å². The molecule has 0 amide bonds. The lowest BCUT2D eigenvalue weighted by Crippen LogP contribution is -2.09. The van der Waals surface area contributed by atoms with Gasteiger partial charge in [0.2, 0.25) is 5.75 Å². The van der Waals surface area contributed by atoms with Crippen LogP contribution in [0.3, 0.4) is 0 Å². The second kappa shape index (κ2) is 6.84. The van der Waals surface area contributed by atoms with Crippen LogP contribution in [0.5, 0.6) is 11.5 Å². The zero-order valence-electron chi connectivity index (χ0n) is 14.5. The first-order chi connectivity index (χ1) is 12.3. The van der Waals surface area contributed by atoms with E-state index in [1.54, 1.807) is 12.1 Å². The number of hydrogen-bond acceptors (Lipinski definition) is 6. The van der Waals surface area contributed by atoms with Gasteiger partial charge >= 0.3 is 17.6 Å². The van der Waals surface area contributed by atoms with E-state index in [4.69, 9.17) is 13.9 Å². The van der Waals surface area contributed by atoms with Crippen LogP contribution >= 0.6 is 0 Å². The van der Waals surface area contributed by atoms with Gasteiger partial charge in [0.05, 0.1) is 5.56 Å². The molecule has 0 saturated carbocycles. The smallest absolute Gasteiger partial charge is 0.344 e. The Morgan fingerprint density at radius 2 is 1.58 bits per heavy atom. The van der Waals surface area contributed by atoms with E-state index >= 15 is 0 Å². The van der Waals surface area contributed by atoms with Gasteiger partial charge in [0, 0.05) is 19.2 Å². The second-order valence-electron chi connectivity index (χ2n) is 5.81. The highest BCUT2D eigenvalue weighted by atomic mass is 16.6. The van der Waals surface area contributed by atoms with Gasteiger partial charge in [0.25, 0.3) is 0 Å². The van der Waals surface area contributed by atoms with E-state index in [-0.39, 0.29) is 17.1 Å². The molecule has 132 valence electrons. The van der Waals surface area contributed by atoms with E-state index in [2.05, 4.69) is 0 Å². The third-order valence-electron chi connectivity index (χ3n) is 3.68. The Hall–Kier alpha value is -3.41. The average molecular weight is 352 g/mol. The molecule has 0 spiro atoms. The number of benzene rings is 2. The summed E-state index contributed by atoms with van der Waals surface area (Å²) in [4.78, 5) is 35.2. The fourth-order valence-electron chi connectivity index (χ4n) is 2.55. The molecule has 6 heteroatoms. The first-order valence-electron chi connectivity index (χ1n) is 7.90. The van der Waals surface area contributed by atoms with Crippen LogP contribution in [0.15, 0.2) is 51.7 Å². The summed E-state index contributed by atoms with van der Waals surface area (Å²) in [5.74, 6) is -1.31. The Labute approximate surface area is 149 Å². The molecule has 3 aromatic rings. The third-order valence-corrected chi connectivity index (χ3v) is 3.68. The fourth-order valence-corrected chi connectivity index (χ4v) is 2.55. The van der Waals surface area contributed by atoms with Gasteiger partial charge in [-0.2, -0.15) is 0 Å². The molecule has 0 saturated heterocycles. The van der Waals surface area contributed by atoms with Gasteiger partial charge in [0.15, 0.2) is 11.3 Å². The lowest BCUT2D eigenvalue weighted by molar-refractivity contribution is -0.134. The molecule has 0 fully saturated rings. The molecule has 0 bridgehead atoms. The highest BCUT2D eigenvalue weighted by Crippen LogP contribution is 2.36. The maximum absolute atomic E-state index is 12.5.